The van der Waals surface area contributed by atoms with E-state index < -0.39 is 0 Å². The van der Waals surface area contributed by atoms with Crippen molar-refractivity contribution in [3.63, 3.8) is 0 Å². The normalized spacial score (nSPS) is 14.7. The molecule has 1 aromatic heterocycles. The molecule has 31 heavy (non-hydrogen) atoms. The van der Waals surface area contributed by atoms with Crippen molar-refractivity contribution in [1.29, 1.82) is 0 Å². The standard InChI is InChI=1S/C25H30N4OS/c1-27(19-24-8-5-17-31-24)20-25(30)26-22-9-11-23(12-10-22)29-15-13-28(14-16-29)18-21-6-3-2-4-7-21/h2-12,17H,13-16,18-20H2,1H3,(H,26,30). The summed E-state index contributed by atoms with van der Waals surface area (Å²) in [6.07, 6.45) is 0. The fourth-order valence-electron chi connectivity index (χ4n) is 3.93. The lowest BCUT2D eigenvalue weighted by Gasteiger charge is -2.36. The van der Waals surface area contributed by atoms with Gasteiger partial charge in [-0.2, -0.15) is 0 Å². The number of hydrogen-bond acceptors (Lipinski definition) is 5. The Kier molecular flexibility index (Phi) is 7.35. The van der Waals surface area contributed by atoms with E-state index in [0.29, 0.717) is 6.54 Å². The molecule has 162 valence electrons. The molecule has 2 aromatic carbocycles. The van der Waals surface area contributed by atoms with Crippen LogP contribution in [0.1, 0.15) is 10.4 Å². The molecule has 6 heteroatoms. The van der Waals surface area contributed by atoms with Crippen LogP contribution in [0.25, 0.3) is 0 Å². The molecule has 0 saturated carbocycles. The van der Waals surface area contributed by atoms with Crippen molar-refractivity contribution in [3.05, 3.63) is 82.6 Å². The van der Waals surface area contributed by atoms with Crippen molar-refractivity contribution in [2.75, 3.05) is 50.0 Å². The lowest BCUT2D eigenvalue weighted by Crippen LogP contribution is -2.45. The van der Waals surface area contributed by atoms with Gasteiger partial charge in [0.15, 0.2) is 0 Å². The zero-order valence-corrected chi connectivity index (χ0v) is 18.9. The predicted molar refractivity (Wildman–Crippen MR) is 130 cm³/mol. The number of benzene rings is 2. The quantitative estimate of drug-likeness (QED) is 0.578. The maximum absolute atomic E-state index is 12.4. The average Bonchev–Trinajstić information content (AvgIpc) is 3.28. The number of likely N-dealkylation sites (N-methyl/N-ethyl adjacent to an activating group) is 1. The van der Waals surface area contributed by atoms with Crippen molar-refractivity contribution in [2.45, 2.75) is 13.1 Å². The Hall–Kier alpha value is -2.67. The van der Waals surface area contributed by atoms with Gasteiger partial charge in [-0.25, -0.2) is 0 Å². The molecule has 0 atom stereocenters. The molecule has 1 aliphatic heterocycles. The number of rotatable bonds is 8. The fraction of sp³-hybridized carbons (Fsp3) is 0.320. The van der Waals surface area contributed by atoms with Crippen LogP contribution in [0.15, 0.2) is 72.1 Å². The summed E-state index contributed by atoms with van der Waals surface area (Å²) in [5.74, 6) is 0.0151. The van der Waals surface area contributed by atoms with Gasteiger partial charge in [0, 0.05) is 55.5 Å². The molecule has 1 aliphatic rings. The van der Waals surface area contributed by atoms with Crippen LogP contribution in [0.2, 0.25) is 0 Å². The highest BCUT2D eigenvalue weighted by Gasteiger charge is 2.17. The minimum Gasteiger partial charge on any atom is -0.369 e. The lowest BCUT2D eigenvalue weighted by molar-refractivity contribution is -0.117. The second-order valence-electron chi connectivity index (χ2n) is 8.10. The summed E-state index contributed by atoms with van der Waals surface area (Å²) < 4.78 is 0. The van der Waals surface area contributed by atoms with Crippen LogP contribution >= 0.6 is 11.3 Å². The molecule has 2 heterocycles. The van der Waals surface area contributed by atoms with E-state index in [-0.39, 0.29) is 5.91 Å². The summed E-state index contributed by atoms with van der Waals surface area (Å²) in [4.78, 5) is 20.6. The topological polar surface area (TPSA) is 38.8 Å². The number of anilines is 2. The third-order valence-electron chi connectivity index (χ3n) is 5.56. The smallest absolute Gasteiger partial charge is 0.238 e. The molecule has 0 bridgehead atoms. The Morgan fingerprint density at radius 1 is 0.968 bits per heavy atom. The van der Waals surface area contributed by atoms with E-state index in [2.05, 4.69) is 69.0 Å². The number of hydrogen-bond donors (Lipinski definition) is 1. The molecule has 1 N–H and O–H groups in total. The van der Waals surface area contributed by atoms with E-state index in [1.165, 1.54) is 16.1 Å². The first-order valence-corrected chi connectivity index (χ1v) is 11.7. The first kappa shape index (κ1) is 21.6. The summed E-state index contributed by atoms with van der Waals surface area (Å²) >= 11 is 1.72. The summed E-state index contributed by atoms with van der Waals surface area (Å²) in [5, 5.41) is 5.08. The Balaban J connectivity index is 1.22. The molecule has 4 rings (SSSR count). The van der Waals surface area contributed by atoms with Crippen LogP contribution < -0.4 is 10.2 Å². The summed E-state index contributed by atoms with van der Waals surface area (Å²) in [5.41, 5.74) is 3.44. The maximum atomic E-state index is 12.4. The molecule has 1 fully saturated rings. The third kappa shape index (κ3) is 6.40. The average molecular weight is 435 g/mol. The van der Waals surface area contributed by atoms with E-state index in [0.717, 1.165) is 45.0 Å². The summed E-state index contributed by atoms with van der Waals surface area (Å²) in [7, 11) is 1.97. The molecule has 0 radical (unpaired) electrons. The Morgan fingerprint density at radius 2 is 1.71 bits per heavy atom. The summed E-state index contributed by atoms with van der Waals surface area (Å²) in [6.45, 7) is 6.34. The van der Waals surface area contributed by atoms with Crippen molar-refractivity contribution in [2.24, 2.45) is 0 Å². The number of piperazine rings is 1. The number of nitrogens with one attached hydrogen (secondary N) is 1. The monoisotopic (exact) mass is 434 g/mol. The zero-order valence-electron chi connectivity index (χ0n) is 18.0. The van der Waals surface area contributed by atoms with Crippen molar-refractivity contribution < 1.29 is 4.79 Å². The Morgan fingerprint density at radius 3 is 2.39 bits per heavy atom. The molecular weight excluding hydrogens is 404 g/mol. The van der Waals surface area contributed by atoms with E-state index in [9.17, 15) is 4.79 Å². The molecule has 3 aromatic rings. The molecule has 0 aliphatic carbocycles. The van der Waals surface area contributed by atoms with Crippen molar-refractivity contribution in [1.82, 2.24) is 9.80 Å². The van der Waals surface area contributed by atoms with Crippen LogP contribution in [0.5, 0.6) is 0 Å². The van der Waals surface area contributed by atoms with Crippen LogP contribution in [0.3, 0.4) is 0 Å². The molecule has 1 saturated heterocycles. The first-order valence-electron chi connectivity index (χ1n) is 10.8. The highest BCUT2D eigenvalue weighted by Crippen LogP contribution is 2.20. The first-order chi connectivity index (χ1) is 15.2. The molecule has 1 amide bonds. The molecule has 5 nitrogen and oxygen atoms in total. The maximum Gasteiger partial charge on any atom is 0.238 e. The third-order valence-corrected chi connectivity index (χ3v) is 6.42. The fourth-order valence-corrected chi connectivity index (χ4v) is 4.72. The Bertz CT molecular complexity index is 935. The van der Waals surface area contributed by atoms with Crippen LogP contribution in [-0.2, 0) is 17.9 Å². The van der Waals surface area contributed by atoms with E-state index in [4.69, 9.17) is 0 Å². The van der Waals surface area contributed by atoms with Gasteiger partial charge in [0.05, 0.1) is 6.54 Å². The minimum atomic E-state index is 0.0151. The second-order valence-corrected chi connectivity index (χ2v) is 9.13. The van der Waals surface area contributed by atoms with Crippen LogP contribution in [0, 0.1) is 0 Å². The molecule has 0 spiro atoms. The zero-order chi connectivity index (χ0) is 21.5. The number of carbonyl (C=O) groups is 1. The largest absolute Gasteiger partial charge is 0.369 e. The number of amides is 1. The van der Waals surface area contributed by atoms with Gasteiger partial charge in [-0.1, -0.05) is 36.4 Å². The number of nitrogens with zero attached hydrogens (tertiary/aromatic N) is 3. The lowest BCUT2D eigenvalue weighted by atomic mass is 10.2. The van der Waals surface area contributed by atoms with Gasteiger partial charge in [0.1, 0.15) is 0 Å². The van der Waals surface area contributed by atoms with Gasteiger partial charge < -0.3 is 10.2 Å². The van der Waals surface area contributed by atoms with Gasteiger partial charge in [0.2, 0.25) is 5.91 Å². The Labute approximate surface area is 188 Å². The van der Waals surface area contributed by atoms with Gasteiger partial charge in [-0.05, 0) is 48.3 Å². The second kappa shape index (κ2) is 10.6. The van der Waals surface area contributed by atoms with E-state index >= 15 is 0 Å². The molecule has 0 unspecified atom stereocenters. The highest BCUT2D eigenvalue weighted by atomic mass is 32.1. The predicted octanol–water partition coefficient (Wildman–Crippen LogP) is 4.14. The van der Waals surface area contributed by atoms with E-state index in [1.54, 1.807) is 11.3 Å². The van der Waals surface area contributed by atoms with Crippen molar-refractivity contribution in [3.8, 4) is 0 Å². The highest BCUT2D eigenvalue weighted by molar-refractivity contribution is 7.09. The van der Waals surface area contributed by atoms with Crippen LogP contribution in [-0.4, -0.2) is 55.5 Å². The molecular formula is C25H30N4OS. The summed E-state index contributed by atoms with van der Waals surface area (Å²) in [6, 6.07) is 23.0. The minimum absolute atomic E-state index is 0.0151. The van der Waals surface area contributed by atoms with Crippen LogP contribution in [0.4, 0.5) is 11.4 Å². The van der Waals surface area contributed by atoms with Gasteiger partial charge >= 0.3 is 0 Å². The van der Waals surface area contributed by atoms with E-state index in [1.807, 2.05) is 30.1 Å². The van der Waals surface area contributed by atoms with Gasteiger partial charge in [-0.3, -0.25) is 14.6 Å². The number of carbonyl (C=O) groups excluding carboxylic acids is 1. The number of thiophene rings is 1. The van der Waals surface area contributed by atoms with Crippen molar-refractivity contribution >= 4 is 28.6 Å². The van der Waals surface area contributed by atoms with Gasteiger partial charge in [-0.15, -0.1) is 11.3 Å². The SMILES string of the molecule is CN(CC(=O)Nc1ccc(N2CCN(Cc3ccccc3)CC2)cc1)Cc1cccs1. The van der Waals surface area contributed by atoms with Gasteiger partial charge in [0.25, 0.3) is 0 Å².